The number of hydrogen-bond donors (Lipinski definition) is 1. The van der Waals surface area contributed by atoms with Crippen molar-refractivity contribution in [1.29, 1.82) is 0 Å². The van der Waals surface area contributed by atoms with E-state index in [1.54, 1.807) is 23.7 Å². The summed E-state index contributed by atoms with van der Waals surface area (Å²) < 4.78 is 7.24. The van der Waals surface area contributed by atoms with Crippen molar-refractivity contribution in [3.8, 4) is 5.75 Å². The van der Waals surface area contributed by atoms with Gasteiger partial charge in [-0.05, 0) is 24.6 Å². The van der Waals surface area contributed by atoms with Crippen molar-refractivity contribution in [1.82, 2.24) is 4.57 Å². The maximum Gasteiger partial charge on any atom is 0.272 e. The lowest BCUT2D eigenvalue weighted by atomic mass is 10.2. The summed E-state index contributed by atoms with van der Waals surface area (Å²) in [7, 11) is 1.69. The van der Waals surface area contributed by atoms with Gasteiger partial charge in [-0.2, -0.15) is 0 Å². The van der Waals surface area contributed by atoms with Crippen LogP contribution in [0.25, 0.3) is 0 Å². The van der Waals surface area contributed by atoms with E-state index in [1.807, 2.05) is 18.2 Å². The van der Waals surface area contributed by atoms with Gasteiger partial charge < -0.3 is 14.6 Å². The Labute approximate surface area is 140 Å². The summed E-state index contributed by atoms with van der Waals surface area (Å²) in [5, 5.41) is 3.51. The summed E-state index contributed by atoms with van der Waals surface area (Å²) in [6.45, 7) is 2.71. The molecule has 0 saturated carbocycles. The highest BCUT2D eigenvalue weighted by Gasteiger charge is 2.17. The monoisotopic (exact) mass is 340 g/mol. The van der Waals surface area contributed by atoms with Crippen LogP contribution in [0.4, 0.5) is 5.69 Å². The lowest BCUT2D eigenvalue weighted by Crippen LogP contribution is -2.16. The topological polar surface area (TPSA) is 43.3 Å². The highest BCUT2D eigenvalue weighted by Crippen LogP contribution is 2.28. The summed E-state index contributed by atoms with van der Waals surface area (Å²) in [4.78, 5) is 12.4. The minimum Gasteiger partial charge on any atom is -0.491 e. The van der Waals surface area contributed by atoms with Gasteiger partial charge in [0.15, 0.2) is 0 Å². The fourth-order valence-electron chi connectivity index (χ4n) is 1.97. The van der Waals surface area contributed by atoms with E-state index < -0.39 is 0 Å². The Hall–Kier alpha value is -1.65. The number of aromatic nitrogens is 1. The minimum atomic E-state index is -0.289. The number of unbranched alkanes of at least 4 members (excludes halogenated alkanes) is 1. The van der Waals surface area contributed by atoms with Crippen molar-refractivity contribution in [2.45, 2.75) is 19.8 Å². The van der Waals surface area contributed by atoms with Crippen LogP contribution in [0.1, 0.15) is 30.3 Å². The van der Waals surface area contributed by atoms with Crippen LogP contribution in [-0.2, 0) is 7.05 Å². The molecule has 0 fully saturated rings. The average Bonchev–Trinajstić information content (AvgIpc) is 2.77. The Bertz CT molecular complexity index is 668. The highest BCUT2D eigenvalue weighted by atomic mass is 35.5. The van der Waals surface area contributed by atoms with E-state index in [0.717, 1.165) is 12.8 Å². The Morgan fingerprint density at radius 2 is 2.05 bits per heavy atom. The van der Waals surface area contributed by atoms with Crippen LogP contribution < -0.4 is 10.1 Å². The van der Waals surface area contributed by atoms with Crippen LogP contribution in [-0.4, -0.2) is 17.1 Å². The molecule has 0 bridgehead atoms. The fourth-order valence-corrected chi connectivity index (χ4v) is 2.34. The number of nitrogens with one attached hydrogen (secondary N) is 1. The molecule has 0 aliphatic heterocycles. The molecule has 2 rings (SSSR count). The van der Waals surface area contributed by atoms with Gasteiger partial charge in [-0.1, -0.05) is 48.7 Å². The Morgan fingerprint density at radius 1 is 1.32 bits per heavy atom. The quantitative estimate of drug-likeness (QED) is 0.770. The van der Waals surface area contributed by atoms with Gasteiger partial charge in [0.05, 0.1) is 17.3 Å². The number of ether oxygens (including phenoxy) is 1. The molecule has 1 aromatic carbocycles. The molecular formula is C16H18Cl2N2O2. The first-order chi connectivity index (χ1) is 10.5. The number of carbonyl (C=O) groups is 1. The number of anilines is 1. The summed E-state index contributed by atoms with van der Waals surface area (Å²) in [5.74, 6) is 0.360. The van der Waals surface area contributed by atoms with Crippen LogP contribution in [0.3, 0.4) is 0 Å². The van der Waals surface area contributed by atoms with Crippen LogP contribution in [0.2, 0.25) is 10.2 Å². The molecular weight excluding hydrogens is 323 g/mol. The molecule has 6 heteroatoms. The van der Waals surface area contributed by atoms with Gasteiger partial charge in [0.1, 0.15) is 16.6 Å². The number of nitrogens with zero attached hydrogens (tertiary/aromatic N) is 1. The van der Waals surface area contributed by atoms with E-state index in [0.29, 0.717) is 33.9 Å². The lowest BCUT2D eigenvalue weighted by molar-refractivity contribution is 0.101. The van der Waals surface area contributed by atoms with E-state index >= 15 is 0 Å². The molecule has 1 N–H and O–H groups in total. The number of benzene rings is 1. The molecule has 0 atom stereocenters. The predicted octanol–water partition coefficient (Wildman–Crippen LogP) is 4.76. The molecule has 0 spiro atoms. The standard InChI is InChI=1S/C16H18Cl2N2O2/c1-3-4-9-22-14-8-6-5-7-12(14)19-16(21)13-10-11(17)15(18)20(13)2/h5-8,10H,3-4,9H2,1-2H3,(H,19,21). The van der Waals surface area contributed by atoms with Crippen molar-refractivity contribution in [3.63, 3.8) is 0 Å². The third kappa shape index (κ3) is 3.76. The Balaban J connectivity index is 2.16. The fraction of sp³-hybridized carbons (Fsp3) is 0.312. The maximum absolute atomic E-state index is 12.4. The van der Waals surface area contributed by atoms with E-state index in [2.05, 4.69) is 12.2 Å². The zero-order valence-electron chi connectivity index (χ0n) is 12.5. The number of para-hydroxylation sites is 2. The van der Waals surface area contributed by atoms with Crippen molar-refractivity contribution >= 4 is 34.8 Å². The number of amides is 1. The van der Waals surface area contributed by atoms with Crippen LogP contribution >= 0.6 is 23.2 Å². The van der Waals surface area contributed by atoms with Crippen molar-refractivity contribution in [3.05, 3.63) is 46.2 Å². The summed E-state index contributed by atoms with van der Waals surface area (Å²) in [6.07, 6.45) is 2.01. The molecule has 22 heavy (non-hydrogen) atoms. The third-order valence-electron chi connectivity index (χ3n) is 3.24. The maximum atomic E-state index is 12.4. The van der Waals surface area contributed by atoms with Gasteiger partial charge in [0, 0.05) is 7.05 Å². The van der Waals surface area contributed by atoms with Crippen molar-refractivity contribution in [2.75, 3.05) is 11.9 Å². The molecule has 0 radical (unpaired) electrons. The van der Waals surface area contributed by atoms with Gasteiger partial charge in [-0.15, -0.1) is 0 Å². The van der Waals surface area contributed by atoms with Crippen molar-refractivity contribution in [2.24, 2.45) is 7.05 Å². The van der Waals surface area contributed by atoms with E-state index in [1.165, 1.54) is 0 Å². The van der Waals surface area contributed by atoms with Crippen LogP contribution in [0.15, 0.2) is 30.3 Å². The summed E-state index contributed by atoms with van der Waals surface area (Å²) in [6, 6.07) is 8.88. The molecule has 0 unspecified atom stereocenters. The predicted molar refractivity (Wildman–Crippen MR) is 90.2 cm³/mol. The first-order valence-corrected chi connectivity index (χ1v) is 7.84. The first-order valence-electron chi connectivity index (χ1n) is 7.08. The van der Waals surface area contributed by atoms with Gasteiger partial charge in [-0.25, -0.2) is 0 Å². The van der Waals surface area contributed by atoms with E-state index in [9.17, 15) is 4.79 Å². The lowest BCUT2D eigenvalue weighted by Gasteiger charge is -2.12. The van der Waals surface area contributed by atoms with E-state index in [4.69, 9.17) is 27.9 Å². The van der Waals surface area contributed by atoms with Crippen LogP contribution in [0, 0.1) is 0 Å². The van der Waals surface area contributed by atoms with Gasteiger partial charge in [0.25, 0.3) is 5.91 Å². The Morgan fingerprint density at radius 3 is 2.68 bits per heavy atom. The zero-order valence-corrected chi connectivity index (χ0v) is 14.0. The molecule has 1 amide bonds. The second-order valence-electron chi connectivity index (χ2n) is 4.88. The summed E-state index contributed by atoms with van der Waals surface area (Å²) in [5.41, 5.74) is 1.01. The second-order valence-corrected chi connectivity index (χ2v) is 5.64. The smallest absolute Gasteiger partial charge is 0.272 e. The molecule has 0 saturated heterocycles. The second kappa shape index (κ2) is 7.56. The van der Waals surface area contributed by atoms with Gasteiger partial charge in [0.2, 0.25) is 0 Å². The van der Waals surface area contributed by atoms with Gasteiger partial charge in [-0.3, -0.25) is 4.79 Å². The summed E-state index contributed by atoms with van der Waals surface area (Å²) >= 11 is 11.9. The number of hydrogen-bond acceptors (Lipinski definition) is 2. The number of rotatable bonds is 6. The number of halogens is 2. The first kappa shape index (κ1) is 16.7. The molecule has 0 aliphatic rings. The van der Waals surface area contributed by atoms with Crippen molar-refractivity contribution < 1.29 is 9.53 Å². The van der Waals surface area contributed by atoms with Crippen LogP contribution in [0.5, 0.6) is 5.75 Å². The Kier molecular flexibility index (Phi) is 5.75. The minimum absolute atomic E-state index is 0.289. The molecule has 1 aromatic heterocycles. The number of carbonyl (C=O) groups excluding carboxylic acids is 1. The zero-order chi connectivity index (χ0) is 16.1. The van der Waals surface area contributed by atoms with Gasteiger partial charge >= 0.3 is 0 Å². The molecule has 1 heterocycles. The SMILES string of the molecule is CCCCOc1ccccc1NC(=O)c1cc(Cl)c(Cl)n1C. The third-order valence-corrected chi connectivity index (χ3v) is 4.08. The van der Waals surface area contributed by atoms with E-state index in [-0.39, 0.29) is 5.91 Å². The highest BCUT2D eigenvalue weighted by molar-refractivity contribution is 6.42. The largest absolute Gasteiger partial charge is 0.491 e. The average molecular weight is 341 g/mol. The molecule has 0 aliphatic carbocycles. The molecule has 4 nitrogen and oxygen atoms in total. The molecule has 2 aromatic rings. The molecule has 118 valence electrons. The normalized spacial score (nSPS) is 10.5.